The zero-order chi connectivity index (χ0) is 13.7. The molecule has 0 fully saturated rings. The molecule has 9 heteroatoms. The average Bonchev–Trinajstić information content (AvgIpc) is 2.65. The third kappa shape index (κ3) is 3.70. The van der Waals surface area contributed by atoms with Crippen LogP contribution in [0, 0.1) is 10.1 Å². The molecule has 0 spiro atoms. The van der Waals surface area contributed by atoms with Gasteiger partial charge in [0.05, 0.1) is 17.4 Å². The number of aromatic nitrogens is 2. The quantitative estimate of drug-likeness (QED) is 0.530. The lowest BCUT2D eigenvalue weighted by molar-refractivity contribution is -0.384. The van der Waals surface area contributed by atoms with Crippen molar-refractivity contribution in [3.63, 3.8) is 0 Å². The van der Waals surface area contributed by atoms with Gasteiger partial charge in [0.15, 0.2) is 0 Å². The number of rotatable bonds is 7. The summed E-state index contributed by atoms with van der Waals surface area (Å²) < 4.78 is 6.25. The summed E-state index contributed by atoms with van der Waals surface area (Å²) in [6.45, 7) is 0.126. The Hall–Kier alpha value is -2.16. The van der Waals surface area contributed by atoms with E-state index < -0.39 is 17.0 Å². The summed E-state index contributed by atoms with van der Waals surface area (Å²) in [4.78, 5) is 20.7. The van der Waals surface area contributed by atoms with Crippen LogP contribution in [0.25, 0.3) is 0 Å². The number of carboxylic acids is 1. The van der Waals surface area contributed by atoms with Gasteiger partial charge in [-0.05, 0) is 0 Å². The molecule has 0 aliphatic heterocycles. The molecule has 0 saturated carbocycles. The van der Waals surface area contributed by atoms with Gasteiger partial charge in [-0.25, -0.2) is 0 Å². The fourth-order valence-corrected chi connectivity index (χ4v) is 1.38. The standard InChI is InChI=1S/C9H14N4O5/c1-12-5-7(13(16)17)9(11-12)10-4-6(18-2)3-8(14)15/h5-6H,3-4H2,1-2H3,(H,10,11)(H,14,15). The van der Waals surface area contributed by atoms with E-state index in [4.69, 9.17) is 9.84 Å². The highest BCUT2D eigenvalue weighted by molar-refractivity contribution is 5.67. The molecule has 0 aliphatic carbocycles. The second-order valence-electron chi connectivity index (χ2n) is 3.63. The third-order valence-corrected chi connectivity index (χ3v) is 2.24. The van der Waals surface area contributed by atoms with Crippen LogP contribution in [0.4, 0.5) is 11.5 Å². The van der Waals surface area contributed by atoms with Crippen molar-refractivity contribution in [3.8, 4) is 0 Å². The zero-order valence-electron chi connectivity index (χ0n) is 9.99. The summed E-state index contributed by atoms with van der Waals surface area (Å²) in [6, 6.07) is 0. The predicted molar refractivity (Wildman–Crippen MR) is 61.4 cm³/mol. The van der Waals surface area contributed by atoms with E-state index in [2.05, 4.69) is 10.4 Å². The number of aliphatic carboxylic acids is 1. The topological polar surface area (TPSA) is 120 Å². The molecule has 0 aromatic carbocycles. The number of aryl methyl sites for hydroxylation is 1. The molecule has 1 rings (SSSR count). The Kier molecular flexibility index (Phi) is 4.60. The van der Waals surface area contributed by atoms with E-state index in [9.17, 15) is 14.9 Å². The predicted octanol–water partition coefficient (Wildman–Crippen LogP) is 0.230. The molecule has 18 heavy (non-hydrogen) atoms. The van der Waals surface area contributed by atoms with E-state index in [1.165, 1.54) is 18.0 Å². The minimum absolute atomic E-state index is 0.0925. The normalized spacial score (nSPS) is 12.1. The van der Waals surface area contributed by atoms with Crippen molar-refractivity contribution in [2.75, 3.05) is 19.0 Å². The Morgan fingerprint density at radius 2 is 2.44 bits per heavy atom. The summed E-state index contributed by atoms with van der Waals surface area (Å²) in [5, 5.41) is 25.9. The average molecular weight is 258 g/mol. The monoisotopic (exact) mass is 258 g/mol. The fourth-order valence-electron chi connectivity index (χ4n) is 1.38. The molecule has 1 unspecified atom stereocenters. The number of nitro groups is 1. The van der Waals surface area contributed by atoms with Gasteiger partial charge in [-0.3, -0.25) is 19.6 Å². The van der Waals surface area contributed by atoms with Crippen molar-refractivity contribution in [3.05, 3.63) is 16.3 Å². The molecular formula is C9H14N4O5. The van der Waals surface area contributed by atoms with Crippen molar-refractivity contribution < 1.29 is 19.6 Å². The van der Waals surface area contributed by atoms with Gasteiger partial charge in [0.2, 0.25) is 5.82 Å². The van der Waals surface area contributed by atoms with Crippen LogP contribution in [0.5, 0.6) is 0 Å². The van der Waals surface area contributed by atoms with Crippen molar-refractivity contribution in [2.45, 2.75) is 12.5 Å². The summed E-state index contributed by atoms with van der Waals surface area (Å²) in [5.41, 5.74) is -0.164. The highest BCUT2D eigenvalue weighted by Crippen LogP contribution is 2.21. The number of carboxylic acid groups (broad SMARTS) is 1. The van der Waals surface area contributed by atoms with E-state index in [1.807, 2.05) is 0 Å². The molecular weight excluding hydrogens is 244 g/mol. The number of methoxy groups -OCH3 is 1. The van der Waals surface area contributed by atoms with Gasteiger partial charge in [0.1, 0.15) is 6.20 Å². The Bertz CT molecular complexity index is 444. The van der Waals surface area contributed by atoms with Gasteiger partial charge in [0.25, 0.3) is 0 Å². The Labute approximate surface area is 103 Å². The maximum Gasteiger partial charge on any atom is 0.330 e. The lowest BCUT2D eigenvalue weighted by Gasteiger charge is -2.13. The van der Waals surface area contributed by atoms with E-state index in [-0.39, 0.29) is 24.5 Å². The maximum absolute atomic E-state index is 10.7. The minimum Gasteiger partial charge on any atom is -0.481 e. The van der Waals surface area contributed by atoms with E-state index in [0.717, 1.165) is 0 Å². The first kappa shape index (κ1) is 13.9. The summed E-state index contributed by atoms with van der Waals surface area (Å²) >= 11 is 0. The lowest BCUT2D eigenvalue weighted by Crippen LogP contribution is -2.25. The SMILES string of the molecule is COC(CNc1nn(C)cc1[N+](=O)[O-])CC(=O)O. The van der Waals surface area contributed by atoms with Crippen LogP contribution in [0.15, 0.2) is 6.20 Å². The number of hydrogen-bond donors (Lipinski definition) is 2. The molecule has 1 aromatic rings. The molecule has 0 bridgehead atoms. The van der Waals surface area contributed by atoms with Crippen molar-refractivity contribution in [2.24, 2.45) is 7.05 Å². The second-order valence-corrected chi connectivity index (χ2v) is 3.63. The van der Waals surface area contributed by atoms with Crippen molar-refractivity contribution in [1.29, 1.82) is 0 Å². The van der Waals surface area contributed by atoms with Crippen LogP contribution in [-0.2, 0) is 16.6 Å². The smallest absolute Gasteiger partial charge is 0.330 e. The number of nitrogens with zero attached hydrogens (tertiary/aromatic N) is 3. The number of nitrogens with one attached hydrogen (secondary N) is 1. The Morgan fingerprint density at radius 3 is 2.94 bits per heavy atom. The number of anilines is 1. The fraction of sp³-hybridized carbons (Fsp3) is 0.556. The summed E-state index contributed by atoms with van der Waals surface area (Å²) in [7, 11) is 2.94. The first-order chi connectivity index (χ1) is 8.43. The van der Waals surface area contributed by atoms with Gasteiger partial charge in [-0.2, -0.15) is 0 Å². The molecule has 1 atom stereocenters. The Morgan fingerprint density at radius 1 is 1.78 bits per heavy atom. The molecule has 1 aromatic heterocycles. The Balaban J connectivity index is 2.67. The summed E-state index contributed by atoms with van der Waals surface area (Å²) in [5.74, 6) is -0.908. The van der Waals surface area contributed by atoms with Crippen LogP contribution in [0.1, 0.15) is 6.42 Å². The van der Waals surface area contributed by atoms with E-state index in [0.29, 0.717) is 0 Å². The first-order valence-electron chi connectivity index (χ1n) is 5.10. The van der Waals surface area contributed by atoms with Crippen LogP contribution in [0.2, 0.25) is 0 Å². The van der Waals surface area contributed by atoms with E-state index in [1.54, 1.807) is 7.05 Å². The molecule has 0 radical (unpaired) electrons. The van der Waals surface area contributed by atoms with Crippen LogP contribution >= 0.6 is 0 Å². The number of carbonyl (C=O) groups is 1. The molecule has 9 nitrogen and oxygen atoms in total. The van der Waals surface area contributed by atoms with E-state index >= 15 is 0 Å². The van der Waals surface area contributed by atoms with Gasteiger partial charge in [-0.1, -0.05) is 0 Å². The zero-order valence-corrected chi connectivity index (χ0v) is 9.99. The highest BCUT2D eigenvalue weighted by atomic mass is 16.6. The van der Waals surface area contributed by atoms with Gasteiger partial charge in [0, 0.05) is 20.7 Å². The lowest BCUT2D eigenvalue weighted by atomic mass is 10.2. The van der Waals surface area contributed by atoms with Gasteiger partial charge < -0.3 is 15.2 Å². The number of ether oxygens (including phenoxy) is 1. The second kappa shape index (κ2) is 5.96. The third-order valence-electron chi connectivity index (χ3n) is 2.24. The van der Waals surface area contributed by atoms with Crippen LogP contribution in [-0.4, -0.2) is 45.5 Å². The van der Waals surface area contributed by atoms with Gasteiger partial charge in [-0.15, -0.1) is 5.10 Å². The largest absolute Gasteiger partial charge is 0.481 e. The molecule has 0 saturated heterocycles. The van der Waals surface area contributed by atoms with Crippen LogP contribution in [0.3, 0.4) is 0 Å². The molecule has 0 aliphatic rings. The van der Waals surface area contributed by atoms with Crippen LogP contribution < -0.4 is 5.32 Å². The molecule has 2 N–H and O–H groups in total. The van der Waals surface area contributed by atoms with Crippen molar-refractivity contribution >= 4 is 17.5 Å². The van der Waals surface area contributed by atoms with Gasteiger partial charge >= 0.3 is 11.7 Å². The van der Waals surface area contributed by atoms with Crippen molar-refractivity contribution in [1.82, 2.24) is 9.78 Å². The maximum atomic E-state index is 10.7. The number of hydrogen-bond acceptors (Lipinski definition) is 6. The first-order valence-corrected chi connectivity index (χ1v) is 5.10. The highest BCUT2D eigenvalue weighted by Gasteiger charge is 2.20. The minimum atomic E-state index is -1.00. The molecule has 1 heterocycles. The molecule has 100 valence electrons. The molecule has 0 amide bonds. The summed E-state index contributed by atoms with van der Waals surface area (Å²) in [6.07, 6.45) is 0.495.